The van der Waals surface area contributed by atoms with Crippen LogP contribution in [-0.2, 0) is 20.9 Å². The van der Waals surface area contributed by atoms with Crippen LogP contribution in [0.25, 0.3) is 5.76 Å². The number of Topliss-reactive ketones (excluding diaryl/α,β-unsaturated/α-hetero) is 1. The molecule has 2 aliphatic rings. The van der Waals surface area contributed by atoms with Crippen LogP contribution >= 0.6 is 0 Å². The van der Waals surface area contributed by atoms with E-state index in [1.807, 2.05) is 61.5 Å². The van der Waals surface area contributed by atoms with Gasteiger partial charge >= 0.3 is 0 Å². The van der Waals surface area contributed by atoms with Gasteiger partial charge in [0.2, 0.25) is 0 Å². The molecule has 2 saturated heterocycles. The molecular weight excluding hydrogens is 482 g/mol. The molecule has 2 atom stereocenters. The summed E-state index contributed by atoms with van der Waals surface area (Å²) in [4.78, 5) is 28.0. The number of likely N-dealkylation sites (tertiary alicyclic amines) is 1. The van der Waals surface area contributed by atoms with Gasteiger partial charge in [-0.15, -0.1) is 0 Å². The van der Waals surface area contributed by atoms with Crippen LogP contribution in [0.5, 0.6) is 11.5 Å². The number of benzene rings is 3. The van der Waals surface area contributed by atoms with Crippen LogP contribution in [-0.4, -0.2) is 47.6 Å². The van der Waals surface area contributed by atoms with Crippen molar-refractivity contribution in [3.05, 3.63) is 101 Å². The second-order valence-electron chi connectivity index (χ2n) is 9.39. The number of carbonyl (C=O) groups is 2. The number of hydrogen-bond donors (Lipinski definition) is 1. The number of ether oxygens (including phenoxy) is 3. The Morgan fingerprint density at radius 2 is 1.63 bits per heavy atom. The molecule has 0 aromatic heterocycles. The smallest absolute Gasteiger partial charge is 0.295 e. The van der Waals surface area contributed by atoms with Crippen LogP contribution in [0.2, 0.25) is 0 Å². The van der Waals surface area contributed by atoms with Gasteiger partial charge in [0.15, 0.2) is 0 Å². The Labute approximate surface area is 222 Å². The van der Waals surface area contributed by atoms with Crippen molar-refractivity contribution in [2.75, 3.05) is 19.8 Å². The van der Waals surface area contributed by atoms with Gasteiger partial charge in [0.1, 0.15) is 23.9 Å². The molecule has 0 saturated carbocycles. The van der Waals surface area contributed by atoms with E-state index in [0.717, 1.165) is 18.4 Å². The fourth-order valence-corrected chi connectivity index (χ4v) is 4.94. The summed E-state index contributed by atoms with van der Waals surface area (Å²) in [5.74, 6) is -0.229. The van der Waals surface area contributed by atoms with E-state index in [4.69, 9.17) is 14.2 Å². The van der Waals surface area contributed by atoms with Gasteiger partial charge < -0.3 is 24.2 Å². The van der Waals surface area contributed by atoms with Crippen LogP contribution in [0.15, 0.2) is 84.4 Å². The average molecular weight is 514 g/mol. The fourth-order valence-electron chi connectivity index (χ4n) is 4.94. The summed E-state index contributed by atoms with van der Waals surface area (Å²) < 4.78 is 17.2. The predicted octanol–water partition coefficient (Wildman–Crippen LogP) is 5.27. The first-order chi connectivity index (χ1) is 18.5. The summed E-state index contributed by atoms with van der Waals surface area (Å²) in [6, 6.07) is 23.3. The molecule has 1 amide bonds. The van der Waals surface area contributed by atoms with Crippen LogP contribution in [0.3, 0.4) is 0 Å². The van der Waals surface area contributed by atoms with Crippen LogP contribution in [0, 0.1) is 0 Å². The fraction of sp³-hybridized carbons (Fsp3) is 0.290. The zero-order valence-corrected chi connectivity index (χ0v) is 21.3. The van der Waals surface area contributed by atoms with Crippen LogP contribution in [0.1, 0.15) is 42.5 Å². The van der Waals surface area contributed by atoms with E-state index in [9.17, 15) is 14.7 Å². The predicted molar refractivity (Wildman–Crippen MR) is 143 cm³/mol. The third-order valence-electron chi connectivity index (χ3n) is 6.85. The highest BCUT2D eigenvalue weighted by Gasteiger charge is 2.47. The number of carbonyl (C=O) groups excluding carboxylic acids is 2. The number of aliphatic hydroxyl groups is 1. The summed E-state index contributed by atoms with van der Waals surface area (Å²) in [5.41, 5.74) is 2.27. The maximum Gasteiger partial charge on any atom is 0.295 e. The molecule has 5 rings (SSSR count). The molecule has 2 heterocycles. The molecule has 0 radical (unpaired) electrons. The molecule has 3 aromatic rings. The Hall–Kier alpha value is -4.10. The van der Waals surface area contributed by atoms with E-state index in [-0.39, 0.29) is 24.0 Å². The van der Waals surface area contributed by atoms with Crippen molar-refractivity contribution in [3.63, 3.8) is 0 Å². The van der Waals surface area contributed by atoms with E-state index >= 15 is 0 Å². The van der Waals surface area contributed by atoms with Gasteiger partial charge in [0, 0.05) is 18.7 Å². The van der Waals surface area contributed by atoms with E-state index < -0.39 is 17.7 Å². The Morgan fingerprint density at radius 3 is 2.29 bits per heavy atom. The lowest BCUT2D eigenvalue weighted by Gasteiger charge is -2.27. The molecule has 7 nitrogen and oxygen atoms in total. The van der Waals surface area contributed by atoms with Crippen molar-refractivity contribution < 1.29 is 28.9 Å². The lowest BCUT2D eigenvalue weighted by Crippen LogP contribution is -2.36. The summed E-state index contributed by atoms with van der Waals surface area (Å²) in [5, 5.41) is 11.3. The average Bonchev–Trinajstić information content (AvgIpc) is 3.55. The van der Waals surface area contributed by atoms with Crippen molar-refractivity contribution in [2.45, 2.75) is 38.5 Å². The molecule has 2 unspecified atom stereocenters. The number of hydrogen-bond acceptors (Lipinski definition) is 6. The zero-order chi connectivity index (χ0) is 26.5. The minimum Gasteiger partial charge on any atom is -0.507 e. The maximum absolute atomic E-state index is 13.3. The molecule has 3 aromatic carbocycles. The molecule has 1 N–H and O–H groups in total. The first kappa shape index (κ1) is 25.5. The molecule has 196 valence electrons. The molecule has 0 bridgehead atoms. The summed E-state index contributed by atoms with van der Waals surface area (Å²) in [7, 11) is 0. The number of ketones is 1. The van der Waals surface area contributed by atoms with Crippen molar-refractivity contribution in [3.8, 4) is 11.5 Å². The minimum atomic E-state index is -0.742. The van der Waals surface area contributed by atoms with E-state index in [1.54, 1.807) is 24.3 Å². The van der Waals surface area contributed by atoms with Crippen molar-refractivity contribution in [1.29, 1.82) is 0 Å². The van der Waals surface area contributed by atoms with Gasteiger partial charge in [-0.05, 0) is 67.3 Å². The van der Waals surface area contributed by atoms with E-state index in [0.29, 0.717) is 42.4 Å². The molecule has 38 heavy (non-hydrogen) atoms. The zero-order valence-electron chi connectivity index (χ0n) is 21.3. The first-order valence-corrected chi connectivity index (χ1v) is 12.9. The Balaban J connectivity index is 1.47. The highest BCUT2D eigenvalue weighted by Crippen LogP contribution is 2.40. The molecule has 0 aliphatic carbocycles. The minimum absolute atomic E-state index is 0.0649. The normalized spacial score (nSPS) is 20.6. The van der Waals surface area contributed by atoms with Gasteiger partial charge in [-0.1, -0.05) is 42.5 Å². The van der Waals surface area contributed by atoms with Crippen molar-refractivity contribution in [1.82, 2.24) is 4.90 Å². The second kappa shape index (κ2) is 11.5. The molecule has 2 fully saturated rings. The summed E-state index contributed by atoms with van der Waals surface area (Å²) >= 11 is 0. The van der Waals surface area contributed by atoms with Crippen molar-refractivity contribution in [2.24, 2.45) is 0 Å². The lowest BCUT2D eigenvalue weighted by atomic mass is 9.95. The van der Waals surface area contributed by atoms with Gasteiger partial charge in [-0.25, -0.2) is 0 Å². The highest BCUT2D eigenvalue weighted by molar-refractivity contribution is 6.46. The summed E-state index contributed by atoms with van der Waals surface area (Å²) in [6.07, 6.45) is 1.59. The monoisotopic (exact) mass is 513 g/mol. The Morgan fingerprint density at radius 1 is 0.947 bits per heavy atom. The van der Waals surface area contributed by atoms with Crippen LogP contribution in [0.4, 0.5) is 0 Å². The second-order valence-corrected chi connectivity index (χ2v) is 9.39. The summed E-state index contributed by atoms with van der Waals surface area (Å²) in [6.45, 7) is 3.75. The maximum atomic E-state index is 13.3. The molecule has 2 aliphatic heterocycles. The standard InChI is InChI=1S/C31H31NO6/c1-2-36-24-16-12-23(13-17-24)29(33)27-28(32(31(35)30(27)34)19-26-9-6-18-37-26)22-10-14-25(15-11-22)38-20-21-7-4-3-5-8-21/h3-5,7-8,10-17,26,28,33H,2,6,9,18-20H2,1H3. The number of amides is 1. The SMILES string of the molecule is CCOc1ccc(C(O)=C2C(=O)C(=O)N(CC3CCCO3)C2c2ccc(OCc3ccccc3)cc2)cc1. The van der Waals surface area contributed by atoms with E-state index in [1.165, 1.54) is 4.90 Å². The van der Waals surface area contributed by atoms with E-state index in [2.05, 4.69) is 0 Å². The van der Waals surface area contributed by atoms with Gasteiger partial charge in [0.05, 0.1) is 24.3 Å². The molecular formula is C31H31NO6. The third kappa shape index (κ3) is 5.43. The quantitative estimate of drug-likeness (QED) is 0.239. The van der Waals surface area contributed by atoms with Gasteiger partial charge in [-0.3, -0.25) is 9.59 Å². The van der Waals surface area contributed by atoms with Gasteiger partial charge in [-0.2, -0.15) is 0 Å². The Kier molecular flexibility index (Phi) is 7.75. The third-order valence-corrected chi connectivity index (χ3v) is 6.85. The molecule has 7 heteroatoms. The van der Waals surface area contributed by atoms with Crippen molar-refractivity contribution >= 4 is 17.4 Å². The number of rotatable bonds is 9. The van der Waals surface area contributed by atoms with Crippen LogP contribution < -0.4 is 9.47 Å². The first-order valence-electron chi connectivity index (χ1n) is 12.9. The highest BCUT2D eigenvalue weighted by atomic mass is 16.5. The Bertz CT molecular complexity index is 1290. The number of nitrogens with zero attached hydrogens (tertiary/aromatic N) is 1. The topological polar surface area (TPSA) is 85.3 Å². The largest absolute Gasteiger partial charge is 0.507 e. The number of aliphatic hydroxyl groups excluding tert-OH is 1. The molecule has 0 spiro atoms. The van der Waals surface area contributed by atoms with Gasteiger partial charge in [0.25, 0.3) is 11.7 Å². The lowest BCUT2D eigenvalue weighted by molar-refractivity contribution is -0.140.